The number of halogens is 1. The summed E-state index contributed by atoms with van der Waals surface area (Å²) >= 11 is 3.48. The summed E-state index contributed by atoms with van der Waals surface area (Å²) in [4.78, 5) is 22.1. The van der Waals surface area contributed by atoms with E-state index < -0.39 is 5.91 Å². The second-order valence-corrected chi connectivity index (χ2v) is 10.3. The molecule has 4 aromatic rings. The third kappa shape index (κ3) is 4.90. The molecule has 1 aliphatic carbocycles. The van der Waals surface area contributed by atoms with Gasteiger partial charge < -0.3 is 15.8 Å². The Morgan fingerprint density at radius 2 is 1.92 bits per heavy atom. The van der Waals surface area contributed by atoms with E-state index in [1.165, 1.54) is 16.7 Å². The van der Waals surface area contributed by atoms with E-state index in [1.807, 2.05) is 29.1 Å². The fourth-order valence-electron chi connectivity index (χ4n) is 5.22. The van der Waals surface area contributed by atoms with Crippen molar-refractivity contribution in [2.75, 3.05) is 12.4 Å². The van der Waals surface area contributed by atoms with E-state index in [4.69, 9.17) is 20.6 Å². The predicted octanol–water partition coefficient (Wildman–Crippen LogP) is 5.62. The van der Waals surface area contributed by atoms with Crippen molar-refractivity contribution in [2.45, 2.75) is 52.5 Å². The number of nitrogens with one attached hydrogen (secondary N) is 1. The van der Waals surface area contributed by atoms with Crippen LogP contribution >= 0.6 is 15.9 Å². The van der Waals surface area contributed by atoms with Gasteiger partial charge in [-0.1, -0.05) is 48.0 Å². The summed E-state index contributed by atoms with van der Waals surface area (Å²) in [7, 11) is 1.62. The molecule has 0 saturated heterocycles. The van der Waals surface area contributed by atoms with Crippen molar-refractivity contribution in [3.05, 3.63) is 80.6 Å². The standard InChI is InChI=1S/C29H31BrN6O2/c1-4-17-8-6-9-18(5-2)22(17)16-36-27-21(26(35-36)28(31)37)11-7-10-19-15-32-29(34-25(19)27)33-23-13-12-20(30)14-24(23)38-3/h6,8-9,12-15H,4-5,7,10-11,16H2,1-3H3,(H2,31,37)(H,32,33,34). The van der Waals surface area contributed by atoms with Gasteiger partial charge in [0.15, 0.2) is 5.69 Å². The number of aromatic nitrogens is 4. The molecule has 5 rings (SSSR count). The highest BCUT2D eigenvalue weighted by Gasteiger charge is 2.28. The Morgan fingerprint density at radius 3 is 2.61 bits per heavy atom. The van der Waals surface area contributed by atoms with Crippen molar-refractivity contribution in [1.29, 1.82) is 0 Å². The van der Waals surface area contributed by atoms with Crippen molar-refractivity contribution in [3.63, 3.8) is 0 Å². The van der Waals surface area contributed by atoms with E-state index in [-0.39, 0.29) is 0 Å². The normalized spacial score (nSPS) is 12.4. The van der Waals surface area contributed by atoms with Gasteiger partial charge in [-0.3, -0.25) is 9.48 Å². The second-order valence-electron chi connectivity index (χ2n) is 9.35. The Kier molecular flexibility index (Phi) is 7.46. The summed E-state index contributed by atoms with van der Waals surface area (Å²) in [5, 5.41) is 8.06. The van der Waals surface area contributed by atoms with Gasteiger partial charge in [-0.15, -0.1) is 0 Å². The minimum atomic E-state index is -0.519. The van der Waals surface area contributed by atoms with Crippen LogP contribution in [0.15, 0.2) is 47.1 Å². The largest absolute Gasteiger partial charge is 0.495 e. The van der Waals surface area contributed by atoms with Gasteiger partial charge in [-0.25, -0.2) is 9.97 Å². The molecular weight excluding hydrogens is 544 g/mol. The van der Waals surface area contributed by atoms with E-state index in [2.05, 4.69) is 58.3 Å². The first-order valence-electron chi connectivity index (χ1n) is 12.9. The first-order valence-corrected chi connectivity index (χ1v) is 13.7. The number of primary amides is 1. The highest BCUT2D eigenvalue weighted by Crippen LogP contribution is 2.36. The molecule has 0 spiro atoms. The number of rotatable bonds is 8. The number of carbonyl (C=O) groups excluding carboxylic acids is 1. The maximum absolute atomic E-state index is 12.5. The second kappa shape index (κ2) is 10.9. The molecule has 9 heteroatoms. The molecule has 1 amide bonds. The minimum absolute atomic E-state index is 0.322. The van der Waals surface area contributed by atoms with Crippen LogP contribution in [0.4, 0.5) is 11.6 Å². The number of anilines is 2. The molecule has 3 N–H and O–H groups in total. The number of aryl methyl sites for hydroxylation is 3. The topological polar surface area (TPSA) is 108 Å². The third-order valence-electron chi connectivity index (χ3n) is 7.10. The molecule has 2 heterocycles. The summed E-state index contributed by atoms with van der Waals surface area (Å²) in [5.74, 6) is 0.590. The quantitative estimate of drug-likeness (QED) is 0.283. The number of benzene rings is 2. The van der Waals surface area contributed by atoms with Gasteiger partial charge in [-0.2, -0.15) is 5.10 Å². The summed E-state index contributed by atoms with van der Waals surface area (Å²) in [6.07, 6.45) is 6.05. The smallest absolute Gasteiger partial charge is 0.269 e. The molecule has 196 valence electrons. The number of methoxy groups -OCH3 is 1. The van der Waals surface area contributed by atoms with E-state index in [9.17, 15) is 4.79 Å². The summed E-state index contributed by atoms with van der Waals surface area (Å²) < 4.78 is 8.36. The number of fused-ring (bicyclic) bond motifs is 3. The fourth-order valence-corrected chi connectivity index (χ4v) is 5.56. The first kappa shape index (κ1) is 25.9. The van der Waals surface area contributed by atoms with Gasteiger partial charge in [0.25, 0.3) is 5.91 Å². The van der Waals surface area contributed by atoms with Crippen molar-refractivity contribution >= 4 is 33.5 Å². The van der Waals surface area contributed by atoms with Crippen LogP contribution in [0.1, 0.15) is 58.6 Å². The molecule has 0 atom stereocenters. The molecule has 8 nitrogen and oxygen atoms in total. The Morgan fingerprint density at radius 1 is 1.16 bits per heavy atom. The Bertz CT molecular complexity index is 1490. The zero-order valence-electron chi connectivity index (χ0n) is 21.8. The Labute approximate surface area is 230 Å². The average molecular weight is 576 g/mol. The highest BCUT2D eigenvalue weighted by atomic mass is 79.9. The van der Waals surface area contributed by atoms with Crippen LogP contribution in [0.5, 0.6) is 5.75 Å². The zero-order chi connectivity index (χ0) is 26.8. The number of hydrogen-bond acceptors (Lipinski definition) is 6. The number of nitrogens with two attached hydrogens (primary N) is 1. The zero-order valence-corrected chi connectivity index (χ0v) is 23.4. The summed E-state index contributed by atoms with van der Waals surface area (Å²) in [5.41, 5.74) is 14.2. The van der Waals surface area contributed by atoms with Gasteiger partial charge in [0.2, 0.25) is 5.95 Å². The van der Waals surface area contributed by atoms with Crippen LogP contribution in [-0.4, -0.2) is 32.8 Å². The molecule has 2 aromatic carbocycles. The monoisotopic (exact) mass is 574 g/mol. The lowest BCUT2D eigenvalue weighted by Crippen LogP contribution is -2.15. The third-order valence-corrected chi connectivity index (χ3v) is 7.59. The molecule has 0 fully saturated rings. The van der Waals surface area contributed by atoms with Gasteiger partial charge in [0, 0.05) is 16.2 Å². The average Bonchev–Trinajstić information content (AvgIpc) is 3.17. The summed E-state index contributed by atoms with van der Waals surface area (Å²) in [6, 6.07) is 12.2. The lowest BCUT2D eigenvalue weighted by atomic mass is 9.97. The van der Waals surface area contributed by atoms with Gasteiger partial charge in [0.05, 0.1) is 30.7 Å². The van der Waals surface area contributed by atoms with E-state index in [0.717, 1.165) is 58.4 Å². The van der Waals surface area contributed by atoms with E-state index >= 15 is 0 Å². The summed E-state index contributed by atoms with van der Waals surface area (Å²) in [6.45, 7) is 4.86. The van der Waals surface area contributed by atoms with Gasteiger partial charge >= 0.3 is 0 Å². The minimum Gasteiger partial charge on any atom is -0.495 e. The van der Waals surface area contributed by atoms with Crippen molar-refractivity contribution < 1.29 is 9.53 Å². The predicted molar refractivity (Wildman–Crippen MR) is 152 cm³/mol. The number of amides is 1. The highest BCUT2D eigenvalue weighted by molar-refractivity contribution is 9.10. The van der Waals surface area contributed by atoms with Crippen LogP contribution in [0.2, 0.25) is 0 Å². The molecule has 0 unspecified atom stereocenters. The number of carbonyl (C=O) groups is 1. The molecule has 1 aliphatic rings. The molecule has 2 aromatic heterocycles. The van der Waals surface area contributed by atoms with Crippen LogP contribution in [-0.2, 0) is 32.2 Å². The molecule has 0 radical (unpaired) electrons. The van der Waals surface area contributed by atoms with Crippen LogP contribution in [0.25, 0.3) is 11.4 Å². The van der Waals surface area contributed by atoms with Gasteiger partial charge in [-0.05, 0) is 72.6 Å². The maximum Gasteiger partial charge on any atom is 0.269 e. The van der Waals surface area contributed by atoms with Crippen molar-refractivity contribution in [1.82, 2.24) is 19.7 Å². The molecular formula is C29H31BrN6O2. The maximum atomic E-state index is 12.5. The Hall–Kier alpha value is -3.72. The molecule has 38 heavy (non-hydrogen) atoms. The SMILES string of the molecule is CCc1cccc(CC)c1Cn1nc(C(N)=O)c2c1-c1nc(Nc3ccc(Br)cc3OC)ncc1CCC2. The van der Waals surface area contributed by atoms with Crippen LogP contribution in [0, 0.1) is 0 Å². The van der Waals surface area contributed by atoms with Crippen LogP contribution < -0.4 is 15.8 Å². The molecule has 0 saturated carbocycles. The lowest BCUT2D eigenvalue weighted by Gasteiger charge is -2.16. The number of ether oxygens (including phenoxy) is 1. The van der Waals surface area contributed by atoms with Gasteiger partial charge in [0.1, 0.15) is 5.75 Å². The number of nitrogens with zero attached hydrogens (tertiary/aromatic N) is 4. The van der Waals surface area contributed by atoms with Crippen molar-refractivity contribution in [3.8, 4) is 17.1 Å². The fraction of sp³-hybridized carbons (Fsp3) is 0.310. The lowest BCUT2D eigenvalue weighted by molar-refractivity contribution is 0.0994. The van der Waals surface area contributed by atoms with E-state index in [0.29, 0.717) is 30.4 Å². The molecule has 0 aliphatic heterocycles. The van der Waals surface area contributed by atoms with Crippen LogP contribution in [0.3, 0.4) is 0 Å². The van der Waals surface area contributed by atoms with Crippen molar-refractivity contribution in [2.24, 2.45) is 5.73 Å². The number of hydrogen-bond donors (Lipinski definition) is 2. The Balaban J connectivity index is 1.65. The van der Waals surface area contributed by atoms with E-state index in [1.54, 1.807) is 7.11 Å². The molecule has 0 bridgehead atoms. The first-order chi connectivity index (χ1) is 18.4.